The van der Waals surface area contributed by atoms with E-state index in [4.69, 9.17) is 9.47 Å². The molecule has 4 nitrogen and oxygen atoms in total. The van der Waals surface area contributed by atoms with Gasteiger partial charge in [0.15, 0.2) is 0 Å². The lowest BCUT2D eigenvalue weighted by Crippen LogP contribution is -2.33. The minimum absolute atomic E-state index is 0.138. The first-order valence-electron chi connectivity index (χ1n) is 12.6. The third kappa shape index (κ3) is 6.23. The van der Waals surface area contributed by atoms with Gasteiger partial charge in [0.2, 0.25) is 0 Å². The summed E-state index contributed by atoms with van der Waals surface area (Å²) in [5.74, 6) is -0.815. The normalized spacial score (nSPS) is 17.0. The number of hydrogen-bond acceptors (Lipinski definition) is 4. The number of ether oxygens (including phenoxy) is 2. The molecule has 36 heavy (non-hydrogen) atoms. The molecule has 0 saturated heterocycles. The second-order valence-electron chi connectivity index (χ2n) is 10.7. The lowest BCUT2D eigenvalue weighted by molar-refractivity contribution is -0.134. The van der Waals surface area contributed by atoms with E-state index in [0.717, 1.165) is 16.7 Å². The van der Waals surface area contributed by atoms with Gasteiger partial charge in [0.05, 0.1) is 19.3 Å². The summed E-state index contributed by atoms with van der Waals surface area (Å²) < 4.78 is 9.92. The molecule has 1 aliphatic carbocycles. The zero-order valence-corrected chi connectivity index (χ0v) is 22.6. The van der Waals surface area contributed by atoms with Gasteiger partial charge in [-0.1, -0.05) is 70.2 Å². The fourth-order valence-corrected chi connectivity index (χ4v) is 4.66. The van der Waals surface area contributed by atoms with Gasteiger partial charge in [-0.25, -0.2) is 9.59 Å². The molecule has 0 aliphatic heterocycles. The number of fused-ring (bicyclic) bond motifs is 1. The van der Waals surface area contributed by atoms with E-state index in [1.165, 1.54) is 42.7 Å². The highest BCUT2D eigenvalue weighted by molar-refractivity contribution is 5.92. The molecule has 190 valence electrons. The fraction of sp³-hybridized carbons (Fsp3) is 0.375. The van der Waals surface area contributed by atoms with E-state index in [1.54, 1.807) is 25.1 Å². The number of carbonyl (C=O) groups excluding carboxylic acids is 2. The molecule has 2 aromatic rings. The first kappa shape index (κ1) is 27.2. The largest absolute Gasteiger partial charge is 0.466 e. The Kier molecular flexibility index (Phi) is 8.39. The molecular weight excluding hydrogens is 448 g/mol. The Balaban J connectivity index is 2.03. The van der Waals surface area contributed by atoms with Crippen molar-refractivity contribution in [3.05, 3.63) is 94.6 Å². The smallest absolute Gasteiger partial charge is 0.338 e. The minimum Gasteiger partial charge on any atom is -0.466 e. The zero-order chi connectivity index (χ0) is 26.5. The summed E-state index contributed by atoms with van der Waals surface area (Å²) in [6.07, 6.45) is 9.46. The van der Waals surface area contributed by atoms with Crippen molar-refractivity contribution < 1.29 is 19.1 Å². The lowest BCUT2D eigenvalue weighted by atomic mass is 9.63. The van der Waals surface area contributed by atoms with E-state index in [1.807, 2.05) is 18.2 Å². The van der Waals surface area contributed by atoms with Gasteiger partial charge >= 0.3 is 11.9 Å². The van der Waals surface area contributed by atoms with Crippen LogP contribution in [-0.4, -0.2) is 25.7 Å². The number of methoxy groups -OCH3 is 1. The van der Waals surface area contributed by atoms with Gasteiger partial charge in [0, 0.05) is 6.08 Å². The summed E-state index contributed by atoms with van der Waals surface area (Å²) in [6.45, 7) is 13.5. The van der Waals surface area contributed by atoms with Crippen molar-refractivity contribution in [2.75, 3.05) is 13.7 Å². The van der Waals surface area contributed by atoms with E-state index in [2.05, 4.69) is 58.9 Å². The van der Waals surface area contributed by atoms with Gasteiger partial charge in [-0.3, -0.25) is 0 Å². The van der Waals surface area contributed by atoms with Gasteiger partial charge in [-0.05, 0) is 89.1 Å². The third-order valence-electron chi connectivity index (χ3n) is 7.13. The summed E-state index contributed by atoms with van der Waals surface area (Å²) in [7, 11) is 1.35. The Morgan fingerprint density at radius 3 is 2.19 bits per heavy atom. The fourth-order valence-electron chi connectivity index (χ4n) is 4.66. The molecule has 0 unspecified atom stereocenters. The van der Waals surface area contributed by atoms with Crippen LogP contribution in [0.25, 0.3) is 11.1 Å². The highest BCUT2D eigenvalue weighted by atomic mass is 16.5. The maximum Gasteiger partial charge on any atom is 0.338 e. The quantitative estimate of drug-likeness (QED) is 0.232. The summed E-state index contributed by atoms with van der Waals surface area (Å²) >= 11 is 0. The molecule has 4 heteroatoms. The van der Waals surface area contributed by atoms with Crippen molar-refractivity contribution in [2.24, 2.45) is 0 Å². The van der Waals surface area contributed by atoms with Crippen LogP contribution in [0.4, 0.5) is 0 Å². The van der Waals surface area contributed by atoms with Crippen molar-refractivity contribution in [1.82, 2.24) is 0 Å². The van der Waals surface area contributed by atoms with Crippen molar-refractivity contribution in [1.29, 1.82) is 0 Å². The Morgan fingerprint density at radius 1 is 0.861 bits per heavy atom. The average Bonchev–Trinajstić information content (AvgIpc) is 2.86. The molecule has 0 fully saturated rings. The van der Waals surface area contributed by atoms with Crippen molar-refractivity contribution in [3.63, 3.8) is 0 Å². The summed E-state index contributed by atoms with van der Waals surface area (Å²) in [5, 5.41) is 0. The molecule has 3 rings (SSSR count). The van der Waals surface area contributed by atoms with Crippen molar-refractivity contribution >= 4 is 23.1 Å². The van der Waals surface area contributed by atoms with Crippen LogP contribution in [0, 0.1) is 0 Å². The molecular formula is C32H38O4. The summed E-state index contributed by atoms with van der Waals surface area (Å²) in [6, 6.07) is 14.0. The van der Waals surface area contributed by atoms with Gasteiger partial charge in [0.1, 0.15) is 0 Å². The predicted molar refractivity (Wildman–Crippen MR) is 147 cm³/mol. The van der Waals surface area contributed by atoms with E-state index >= 15 is 0 Å². The average molecular weight is 487 g/mol. The SMILES string of the molecule is CCOC(=O)c1cccc(C(C=CC(=O)OC)=CC=C(C)c2ccc3c(c2)C(C)(C)CCC3(C)C)c1. The van der Waals surface area contributed by atoms with Crippen LogP contribution < -0.4 is 0 Å². The number of allylic oxidation sites excluding steroid dienone is 5. The molecule has 0 heterocycles. The minimum atomic E-state index is -0.442. The van der Waals surface area contributed by atoms with E-state index in [9.17, 15) is 9.59 Å². The first-order chi connectivity index (χ1) is 17.0. The van der Waals surface area contributed by atoms with Crippen molar-refractivity contribution in [3.8, 4) is 0 Å². The molecule has 0 amide bonds. The van der Waals surface area contributed by atoms with Gasteiger partial charge < -0.3 is 9.47 Å². The van der Waals surface area contributed by atoms with E-state index in [0.29, 0.717) is 12.2 Å². The molecule has 0 aromatic heterocycles. The van der Waals surface area contributed by atoms with Crippen LogP contribution in [0.15, 0.2) is 66.8 Å². The Hall–Kier alpha value is -3.40. The van der Waals surface area contributed by atoms with Crippen LogP contribution >= 0.6 is 0 Å². The van der Waals surface area contributed by atoms with Crippen LogP contribution in [0.2, 0.25) is 0 Å². The van der Waals surface area contributed by atoms with Crippen LogP contribution in [-0.2, 0) is 25.1 Å². The Morgan fingerprint density at radius 2 is 1.53 bits per heavy atom. The third-order valence-corrected chi connectivity index (χ3v) is 7.13. The zero-order valence-electron chi connectivity index (χ0n) is 22.6. The van der Waals surface area contributed by atoms with Crippen LogP contribution in [0.3, 0.4) is 0 Å². The monoisotopic (exact) mass is 486 g/mol. The number of hydrogen-bond donors (Lipinski definition) is 0. The number of carbonyl (C=O) groups is 2. The molecule has 0 saturated carbocycles. The molecule has 1 aliphatic rings. The standard InChI is InChI=1S/C32H38O4/c1-8-36-30(34)26-11-9-10-25(20-26)23(15-17-29(33)35-7)13-12-22(2)24-14-16-27-28(21-24)32(5,6)19-18-31(27,3)4/h9-17,20-21H,8,18-19H2,1-7H3. The topological polar surface area (TPSA) is 52.6 Å². The molecule has 0 spiro atoms. The summed E-state index contributed by atoms with van der Waals surface area (Å²) in [5.41, 5.74) is 7.50. The Bertz CT molecular complexity index is 1220. The molecule has 0 bridgehead atoms. The molecule has 2 aromatic carbocycles. The van der Waals surface area contributed by atoms with E-state index in [-0.39, 0.29) is 16.8 Å². The highest BCUT2D eigenvalue weighted by Crippen LogP contribution is 2.46. The first-order valence-corrected chi connectivity index (χ1v) is 12.6. The van der Waals surface area contributed by atoms with Gasteiger partial charge in [-0.2, -0.15) is 0 Å². The van der Waals surface area contributed by atoms with Gasteiger partial charge in [0.25, 0.3) is 0 Å². The lowest BCUT2D eigenvalue weighted by Gasteiger charge is -2.42. The maximum absolute atomic E-state index is 12.3. The molecule has 0 radical (unpaired) electrons. The Labute approximate surface area is 215 Å². The predicted octanol–water partition coefficient (Wildman–Crippen LogP) is 7.43. The molecule has 0 atom stereocenters. The summed E-state index contributed by atoms with van der Waals surface area (Å²) in [4.78, 5) is 24.0. The number of esters is 2. The van der Waals surface area contributed by atoms with Crippen molar-refractivity contribution in [2.45, 2.75) is 65.2 Å². The number of benzene rings is 2. The second kappa shape index (κ2) is 11.1. The maximum atomic E-state index is 12.3. The molecule has 0 N–H and O–H groups in total. The highest BCUT2D eigenvalue weighted by Gasteiger charge is 2.36. The number of rotatable bonds is 7. The van der Waals surface area contributed by atoms with Crippen LogP contribution in [0.1, 0.15) is 87.0 Å². The van der Waals surface area contributed by atoms with Gasteiger partial charge in [-0.15, -0.1) is 0 Å². The van der Waals surface area contributed by atoms with Crippen LogP contribution in [0.5, 0.6) is 0 Å². The van der Waals surface area contributed by atoms with E-state index < -0.39 is 5.97 Å². The second-order valence-corrected chi connectivity index (χ2v) is 10.7.